The number of carbonyl (C=O) groups excluding carboxylic acids is 2. The number of fused-ring (bicyclic) bond motifs is 1. The molecule has 0 aliphatic rings. The molecule has 23 heavy (non-hydrogen) atoms. The van der Waals surface area contributed by atoms with Crippen molar-refractivity contribution in [1.82, 2.24) is 10.3 Å². The number of carbonyl (C=O) groups is 2. The van der Waals surface area contributed by atoms with Crippen molar-refractivity contribution >= 4 is 22.8 Å². The van der Waals surface area contributed by atoms with Crippen LogP contribution in [0.4, 0.5) is 0 Å². The van der Waals surface area contributed by atoms with Crippen molar-refractivity contribution in [3.63, 3.8) is 0 Å². The van der Waals surface area contributed by atoms with E-state index in [1.54, 1.807) is 13.8 Å². The molecule has 1 heterocycles. The Kier molecular flexibility index (Phi) is 4.98. The topological polar surface area (TPSA) is 68.3 Å². The third-order valence-corrected chi connectivity index (χ3v) is 3.62. The largest absolute Gasteiger partial charge is 0.449 e. The molecule has 1 aromatic heterocycles. The quantitative estimate of drug-likeness (QED) is 0.881. The van der Waals surface area contributed by atoms with E-state index < -0.39 is 12.1 Å². The second-order valence-electron chi connectivity index (χ2n) is 5.93. The molecule has 5 nitrogen and oxygen atoms in total. The van der Waals surface area contributed by atoms with Crippen LogP contribution >= 0.6 is 0 Å². The highest BCUT2D eigenvalue weighted by molar-refractivity contribution is 5.99. The molecule has 0 fully saturated rings. The summed E-state index contributed by atoms with van der Waals surface area (Å²) in [5, 5.41) is 3.63. The molecule has 5 heteroatoms. The van der Waals surface area contributed by atoms with Gasteiger partial charge in [0, 0.05) is 11.4 Å². The van der Waals surface area contributed by atoms with Crippen LogP contribution in [-0.2, 0) is 9.53 Å². The van der Waals surface area contributed by atoms with Gasteiger partial charge < -0.3 is 10.1 Å². The number of esters is 1. The molecule has 0 saturated heterocycles. The lowest BCUT2D eigenvalue weighted by Gasteiger charge is -2.17. The van der Waals surface area contributed by atoms with Crippen molar-refractivity contribution in [2.45, 2.75) is 46.8 Å². The number of aryl methyl sites for hydroxylation is 2. The van der Waals surface area contributed by atoms with Gasteiger partial charge in [0.15, 0.2) is 6.10 Å². The van der Waals surface area contributed by atoms with Gasteiger partial charge in [0.05, 0.1) is 16.8 Å². The van der Waals surface area contributed by atoms with E-state index in [0.29, 0.717) is 11.3 Å². The first-order chi connectivity index (χ1) is 10.8. The number of para-hydroxylation sites is 1. The number of pyridine rings is 1. The van der Waals surface area contributed by atoms with Gasteiger partial charge in [0.25, 0.3) is 5.91 Å². The van der Waals surface area contributed by atoms with Crippen molar-refractivity contribution in [2.24, 2.45) is 0 Å². The predicted molar refractivity (Wildman–Crippen MR) is 89.4 cm³/mol. The number of aromatic nitrogens is 1. The summed E-state index contributed by atoms with van der Waals surface area (Å²) in [5.74, 6) is -0.831. The van der Waals surface area contributed by atoms with Gasteiger partial charge in [-0.3, -0.25) is 9.78 Å². The van der Waals surface area contributed by atoms with Crippen LogP contribution in [0.15, 0.2) is 24.3 Å². The van der Waals surface area contributed by atoms with Crippen molar-refractivity contribution in [2.75, 3.05) is 0 Å². The van der Waals surface area contributed by atoms with Gasteiger partial charge in [-0.2, -0.15) is 0 Å². The molecule has 1 N–H and O–H groups in total. The van der Waals surface area contributed by atoms with Crippen molar-refractivity contribution in [3.8, 4) is 0 Å². The second-order valence-corrected chi connectivity index (χ2v) is 5.93. The SMILES string of the molecule is Cc1nc2ccccc2c(C)c1C(=O)OC(C)C(=O)NC(C)C. The summed E-state index contributed by atoms with van der Waals surface area (Å²) < 4.78 is 5.32. The zero-order valence-corrected chi connectivity index (χ0v) is 14.1. The molecule has 1 atom stereocenters. The summed E-state index contributed by atoms with van der Waals surface area (Å²) in [6.45, 7) is 8.91. The molecule has 1 aromatic carbocycles. The van der Waals surface area contributed by atoms with Crippen LogP contribution in [0.1, 0.15) is 42.4 Å². The number of hydrogen-bond donors (Lipinski definition) is 1. The van der Waals surface area contributed by atoms with E-state index in [0.717, 1.165) is 16.5 Å². The Morgan fingerprint density at radius 1 is 1.13 bits per heavy atom. The van der Waals surface area contributed by atoms with E-state index in [1.807, 2.05) is 45.0 Å². The van der Waals surface area contributed by atoms with E-state index in [4.69, 9.17) is 4.74 Å². The molecule has 0 radical (unpaired) electrons. The summed E-state index contributed by atoms with van der Waals surface area (Å²) in [5.41, 5.74) is 2.68. The molecular weight excluding hydrogens is 292 g/mol. The molecular formula is C18H22N2O3. The molecule has 2 rings (SSSR count). The van der Waals surface area contributed by atoms with Gasteiger partial charge in [-0.05, 0) is 46.2 Å². The number of rotatable bonds is 4. The molecule has 0 spiro atoms. The fraction of sp³-hybridized carbons (Fsp3) is 0.389. The minimum atomic E-state index is -0.852. The molecule has 2 aromatic rings. The van der Waals surface area contributed by atoms with E-state index in [2.05, 4.69) is 10.3 Å². The van der Waals surface area contributed by atoms with Crippen LogP contribution < -0.4 is 5.32 Å². The Morgan fingerprint density at radius 2 is 1.78 bits per heavy atom. The highest BCUT2D eigenvalue weighted by atomic mass is 16.5. The van der Waals surface area contributed by atoms with Crippen molar-refractivity contribution in [3.05, 3.63) is 41.1 Å². The summed E-state index contributed by atoms with van der Waals surface area (Å²) in [6.07, 6.45) is -0.852. The zero-order valence-electron chi connectivity index (χ0n) is 14.1. The summed E-state index contributed by atoms with van der Waals surface area (Å²) in [6, 6.07) is 7.63. The van der Waals surface area contributed by atoms with Gasteiger partial charge in [-0.15, -0.1) is 0 Å². The lowest BCUT2D eigenvalue weighted by Crippen LogP contribution is -2.39. The standard InChI is InChI=1S/C18H22N2O3/c1-10(2)19-17(21)13(5)23-18(22)16-11(3)14-8-6-7-9-15(14)20-12(16)4/h6-10,13H,1-5H3,(H,19,21). The maximum absolute atomic E-state index is 12.5. The van der Waals surface area contributed by atoms with E-state index in [-0.39, 0.29) is 11.9 Å². The van der Waals surface area contributed by atoms with Crippen LogP contribution in [-0.4, -0.2) is 29.0 Å². The minimum Gasteiger partial charge on any atom is -0.449 e. The third kappa shape index (κ3) is 3.67. The number of nitrogens with one attached hydrogen (secondary N) is 1. The molecule has 1 unspecified atom stereocenters. The molecule has 0 saturated carbocycles. The summed E-state index contributed by atoms with van der Waals surface area (Å²) in [7, 11) is 0. The Labute approximate surface area is 136 Å². The maximum atomic E-state index is 12.5. The third-order valence-electron chi connectivity index (χ3n) is 3.62. The highest BCUT2D eigenvalue weighted by Crippen LogP contribution is 2.23. The fourth-order valence-electron chi connectivity index (χ4n) is 2.51. The summed E-state index contributed by atoms with van der Waals surface area (Å²) in [4.78, 5) is 28.8. The van der Waals surface area contributed by atoms with Gasteiger partial charge in [0.1, 0.15) is 0 Å². The van der Waals surface area contributed by atoms with Gasteiger partial charge in [0.2, 0.25) is 0 Å². The number of amides is 1. The Morgan fingerprint density at radius 3 is 2.43 bits per heavy atom. The van der Waals surface area contributed by atoms with E-state index >= 15 is 0 Å². The van der Waals surface area contributed by atoms with Gasteiger partial charge in [-0.25, -0.2) is 4.79 Å². The molecule has 0 bridgehead atoms. The first-order valence-electron chi connectivity index (χ1n) is 7.68. The van der Waals surface area contributed by atoms with Crippen molar-refractivity contribution < 1.29 is 14.3 Å². The van der Waals surface area contributed by atoms with Crippen LogP contribution in [0.5, 0.6) is 0 Å². The van der Waals surface area contributed by atoms with E-state index in [9.17, 15) is 9.59 Å². The second kappa shape index (κ2) is 6.77. The lowest BCUT2D eigenvalue weighted by molar-refractivity contribution is -0.129. The number of benzene rings is 1. The Balaban J connectivity index is 2.29. The van der Waals surface area contributed by atoms with Crippen LogP contribution in [0, 0.1) is 13.8 Å². The number of hydrogen-bond acceptors (Lipinski definition) is 4. The Bertz CT molecular complexity index is 753. The number of nitrogens with zero attached hydrogens (tertiary/aromatic N) is 1. The average molecular weight is 314 g/mol. The van der Waals surface area contributed by atoms with E-state index in [1.165, 1.54) is 0 Å². The maximum Gasteiger partial charge on any atom is 0.341 e. The zero-order chi connectivity index (χ0) is 17.1. The fourth-order valence-corrected chi connectivity index (χ4v) is 2.51. The first kappa shape index (κ1) is 16.9. The first-order valence-corrected chi connectivity index (χ1v) is 7.68. The summed E-state index contributed by atoms with van der Waals surface area (Å²) >= 11 is 0. The minimum absolute atomic E-state index is 0.00513. The highest BCUT2D eigenvalue weighted by Gasteiger charge is 2.23. The lowest BCUT2D eigenvalue weighted by atomic mass is 10.0. The molecule has 1 amide bonds. The predicted octanol–water partition coefficient (Wildman–Crippen LogP) is 2.92. The van der Waals surface area contributed by atoms with Crippen LogP contribution in [0.25, 0.3) is 10.9 Å². The smallest absolute Gasteiger partial charge is 0.341 e. The Hall–Kier alpha value is -2.43. The molecule has 0 aliphatic carbocycles. The van der Waals surface area contributed by atoms with Crippen molar-refractivity contribution in [1.29, 1.82) is 0 Å². The molecule has 122 valence electrons. The monoisotopic (exact) mass is 314 g/mol. The van der Waals surface area contributed by atoms with Crippen LogP contribution in [0.2, 0.25) is 0 Å². The van der Waals surface area contributed by atoms with Gasteiger partial charge in [-0.1, -0.05) is 18.2 Å². The molecule has 0 aliphatic heterocycles. The number of ether oxygens (including phenoxy) is 1. The average Bonchev–Trinajstić information content (AvgIpc) is 2.46. The van der Waals surface area contributed by atoms with Crippen LogP contribution in [0.3, 0.4) is 0 Å². The van der Waals surface area contributed by atoms with Gasteiger partial charge >= 0.3 is 5.97 Å². The normalized spacial score (nSPS) is 12.3.